The summed E-state index contributed by atoms with van der Waals surface area (Å²) in [7, 11) is 0. The molecule has 0 radical (unpaired) electrons. The standard InChI is InChI=1S/C14H11N3/c15-9-12-2-1-3-14(8-12)13-6-4-11(5-7-13)10-17-16/h1-8,10H,16H2. The molecule has 0 unspecified atom stereocenters. The first-order valence-electron chi connectivity index (χ1n) is 5.17. The predicted octanol–water partition coefficient (Wildman–Crippen LogP) is 2.52. The normalized spacial score (nSPS) is 10.3. The molecule has 0 saturated heterocycles. The summed E-state index contributed by atoms with van der Waals surface area (Å²) in [6.07, 6.45) is 1.59. The van der Waals surface area contributed by atoms with Crippen molar-refractivity contribution in [2.24, 2.45) is 10.9 Å². The van der Waals surface area contributed by atoms with Gasteiger partial charge in [0.05, 0.1) is 17.8 Å². The third-order valence-corrected chi connectivity index (χ3v) is 2.46. The van der Waals surface area contributed by atoms with Crippen molar-refractivity contribution >= 4 is 6.21 Å². The Kier molecular flexibility index (Phi) is 3.18. The smallest absolute Gasteiger partial charge is 0.0991 e. The van der Waals surface area contributed by atoms with Crippen molar-refractivity contribution in [3.05, 3.63) is 59.7 Å². The average Bonchev–Trinajstić information content (AvgIpc) is 2.40. The first-order valence-corrected chi connectivity index (χ1v) is 5.17. The van der Waals surface area contributed by atoms with Crippen LogP contribution in [0, 0.1) is 11.3 Å². The van der Waals surface area contributed by atoms with Crippen LogP contribution in [0.5, 0.6) is 0 Å². The summed E-state index contributed by atoms with van der Waals surface area (Å²) in [5, 5.41) is 12.3. The quantitative estimate of drug-likeness (QED) is 0.481. The molecule has 82 valence electrons. The lowest BCUT2D eigenvalue weighted by molar-refractivity contribution is 1.26. The molecule has 3 heteroatoms. The van der Waals surface area contributed by atoms with Crippen LogP contribution in [0.1, 0.15) is 11.1 Å². The predicted molar refractivity (Wildman–Crippen MR) is 68.4 cm³/mol. The van der Waals surface area contributed by atoms with E-state index in [4.69, 9.17) is 11.1 Å². The van der Waals surface area contributed by atoms with Crippen LogP contribution < -0.4 is 5.84 Å². The molecule has 0 saturated carbocycles. The van der Waals surface area contributed by atoms with Gasteiger partial charge in [0, 0.05) is 0 Å². The summed E-state index contributed by atoms with van der Waals surface area (Å²) in [6.45, 7) is 0. The number of nitrogens with two attached hydrogens (primary N) is 1. The summed E-state index contributed by atoms with van der Waals surface area (Å²) in [6, 6.07) is 17.5. The topological polar surface area (TPSA) is 62.2 Å². The van der Waals surface area contributed by atoms with E-state index in [-0.39, 0.29) is 0 Å². The molecule has 0 amide bonds. The van der Waals surface area contributed by atoms with Crippen molar-refractivity contribution < 1.29 is 0 Å². The van der Waals surface area contributed by atoms with Gasteiger partial charge in [-0.3, -0.25) is 0 Å². The summed E-state index contributed by atoms with van der Waals surface area (Å²) in [5.74, 6) is 5.08. The first kappa shape index (κ1) is 10.9. The maximum Gasteiger partial charge on any atom is 0.0991 e. The zero-order valence-corrected chi connectivity index (χ0v) is 9.17. The highest BCUT2D eigenvalue weighted by atomic mass is 15.1. The second kappa shape index (κ2) is 4.95. The molecule has 2 aromatic rings. The number of rotatable bonds is 2. The number of hydrogen-bond acceptors (Lipinski definition) is 3. The molecular formula is C14H11N3. The Morgan fingerprint density at radius 2 is 1.82 bits per heavy atom. The minimum absolute atomic E-state index is 0.662. The lowest BCUT2D eigenvalue weighted by Crippen LogP contribution is -1.86. The van der Waals surface area contributed by atoms with Gasteiger partial charge in [0.1, 0.15) is 0 Å². The van der Waals surface area contributed by atoms with Crippen LogP contribution in [0.3, 0.4) is 0 Å². The molecule has 0 atom stereocenters. The fourth-order valence-electron chi connectivity index (χ4n) is 1.62. The zero-order valence-electron chi connectivity index (χ0n) is 9.17. The maximum atomic E-state index is 8.84. The molecule has 0 heterocycles. The number of nitriles is 1. The highest BCUT2D eigenvalue weighted by molar-refractivity contribution is 5.80. The Bertz CT molecular complexity index is 577. The molecule has 0 bridgehead atoms. The van der Waals surface area contributed by atoms with E-state index in [0.717, 1.165) is 16.7 Å². The number of nitrogens with zero attached hydrogens (tertiary/aromatic N) is 2. The Balaban J connectivity index is 2.36. The van der Waals surface area contributed by atoms with E-state index < -0.39 is 0 Å². The van der Waals surface area contributed by atoms with Gasteiger partial charge in [0.25, 0.3) is 0 Å². The Morgan fingerprint density at radius 3 is 2.47 bits per heavy atom. The van der Waals surface area contributed by atoms with Gasteiger partial charge in [-0.1, -0.05) is 36.4 Å². The van der Waals surface area contributed by atoms with Crippen LogP contribution in [0.2, 0.25) is 0 Å². The van der Waals surface area contributed by atoms with Crippen LogP contribution in [-0.4, -0.2) is 6.21 Å². The molecule has 0 aliphatic carbocycles. The van der Waals surface area contributed by atoms with Crippen molar-refractivity contribution in [3.8, 4) is 17.2 Å². The number of hydrogen-bond donors (Lipinski definition) is 1. The van der Waals surface area contributed by atoms with E-state index in [1.54, 1.807) is 12.3 Å². The number of hydrazone groups is 1. The molecule has 2 N–H and O–H groups in total. The van der Waals surface area contributed by atoms with Crippen LogP contribution >= 0.6 is 0 Å². The van der Waals surface area contributed by atoms with E-state index in [9.17, 15) is 0 Å². The van der Waals surface area contributed by atoms with Gasteiger partial charge in [-0.2, -0.15) is 10.4 Å². The van der Waals surface area contributed by atoms with Crippen molar-refractivity contribution in [3.63, 3.8) is 0 Å². The molecule has 0 fully saturated rings. The van der Waals surface area contributed by atoms with Crippen molar-refractivity contribution in [1.82, 2.24) is 0 Å². The highest BCUT2D eigenvalue weighted by Gasteiger charge is 1.98. The minimum Gasteiger partial charge on any atom is -0.323 e. The molecular weight excluding hydrogens is 210 g/mol. The molecule has 17 heavy (non-hydrogen) atoms. The molecule has 2 aromatic carbocycles. The van der Waals surface area contributed by atoms with Crippen molar-refractivity contribution in [2.45, 2.75) is 0 Å². The summed E-state index contributed by atoms with van der Waals surface area (Å²) < 4.78 is 0. The van der Waals surface area contributed by atoms with Crippen molar-refractivity contribution in [1.29, 1.82) is 5.26 Å². The average molecular weight is 221 g/mol. The van der Waals surface area contributed by atoms with Crippen molar-refractivity contribution in [2.75, 3.05) is 0 Å². The third-order valence-electron chi connectivity index (χ3n) is 2.46. The second-order valence-corrected chi connectivity index (χ2v) is 3.59. The monoisotopic (exact) mass is 221 g/mol. The van der Waals surface area contributed by atoms with E-state index in [0.29, 0.717) is 5.56 Å². The molecule has 0 spiro atoms. The van der Waals surface area contributed by atoms with Gasteiger partial charge >= 0.3 is 0 Å². The molecule has 0 aromatic heterocycles. The van der Waals surface area contributed by atoms with E-state index in [1.165, 1.54) is 0 Å². The minimum atomic E-state index is 0.662. The maximum absolute atomic E-state index is 8.84. The van der Waals surface area contributed by atoms with Gasteiger partial charge in [0.2, 0.25) is 0 Å². The fourth-order valence-corrected chi connectivity index (χ4v) is 1.62. The van der Waals surface area contributed by atoms with E-state index >= 15 is 0 Å². The van der Waals surface area contributed by atoms with E-state index in [1.807, 2.05) is 42.5 Å². The van der Waals surface area contributed by atoms with Crippen LogP contribution in [-0.2, 0) is 0 Å². The molecule has 3 nitrogen and oxygen atoms in total. The largest absolute Gasteiger partial charge is 0.323 e. The summed E-state index contributed by atoms with van der Waals surface area (Å²) >= 11 is 0. The third kappa shape index (κ3) is 2.50. The fraction of sp³-hybridized carbons (Fsp3) is 0. The Morgan fingerprint density at radius 1 is 1.06 bits per heavy atom. The summed E-state index contributed by atoms with van der Waals surface area (Å²) in [5.41, 5.74) is 3.71. The molecule has 0 aliphatic heterocycles. The van der Waals surface area contributed by atoms with Crippen LogP contribution in [0.15, 0.2) is 53.6 Å². The Labute approximate surface area is 99.8 Å². The van der Waals surface area contributed by atoms with Gasteiger partial charge in [-0.25, -0.2) is 0 Å². The SMILES string of the molecule is N#Cc1cccc(-c2ccc(C=NN)cc2)c1. The number of benzene rings is 2. The second-order valence-electron chi connectivity index (χ2n) is 3.59. The van der Waals surface area contributed by atoms with Gasteiger partial charge < -0.3 is 5.84 Å². The van der Waals surface area contributed by atoms with Gasteiger partial charge in [-0.15, -0.1) is 0 Å². The Hall–Kier alpha value is -2.60. The van der Waals surface area contributed by atoms with Gasteiger partial charge in [-0.05, 0) is 28.8 Å². The molecule has 2 rings (SSSR count). The highest BCUT2D eigenvalue weighted by Crippen LogP contribution is 2.20. The molecule has 0 aliphatic rings. The van der Waals surface area contributed by atoms with Gasteiger partial charge in [0.15, 0.2) is 0 Å². The summed E-state index contributed by atoms with van der Waals surface area (Å²) in [4.78, 5) is 0. The van der Waals surface area contributed by atoms with Crippen LogP contribution in [0.4, 0.5) is 0 Å². The lowest BCUT2D eigenvalue weighted by Gasteiger charge is -2.02. The lowest BCUT2D eigenvalue weighted by atomic mass is 10.0. The zero-order chi connectivity index (χ0) is 12.1. The first-order chi connectivity index (χ1) is 8.33. The van der Waals surface area contributed by atoms with E-state index in [2.05, 4.69) is 11.2 Å². The van der Waals surface area contributed by atoms with Crippen LogP contribution in [0.25, 0.3) is 11.1 Å².